The predicted octanol–water partition coefficient (Wildman–Crippen LogP) is 4.56. The highest BCUT2D eigenvalue weighted by Crippen LogP contribution is 2.23. The van der Waals surface area contributed by atoms with Gasteiger partial charge in [0.1, 0.15) is 5.41 Å². The Labute approximate surface area is 147 Å². The smallest absolute Gasteiger partial charge is 0.239 e. The van der Waals surface area contributed by atoms with E-state index in [1.807, 2.05) is 32.0 Å². The van der Waals surface area contributed by atoms with Crippen LogP contribution in [-0.4, -0.2) is 11.8 Å². The Morgan fingerprint density at radius 3 is 1.88 bits per heavy atom. The SMILES string of the molecule is Cc1ccc(NC(=O)C(C)(C)C(=O)Nc2ccc(Cl)cc2)cc1C. The van der Waals surface area contributed by atoms with E-state index in [1.165, 1.54) is 0 Å². The number of benzene rings is 2. The molecule has 24 heavy (non-hydrogen) atoms. The number of hydrogen-bond donors (Lipinski definition) is 2. The van der Waals surface area contributed by atoms with Gasteiger partial charge in [0.05, 0.1) is 0 Å². The lowest BCUT2D eigenvalue weighted by molar-refractivity contribution is -0.135. The van der Waals surface area contributed by atoms with Gasteiger partial charge in [-0.3, -0.25) is 9.59 Å². The molecule has 126 valence electrons. The summed E-state index contributed by atoms with van der Waals surface area (Å²) in [5.74, 6) is -0.747. The zero-order valence-electron chi connectivity index (χ0n) is 14.2. The van der Waals surface area contributed by atoms with Crippen LogP contribution in [0.4, 0.5) is 11.4 Å². The number of halogens is 1. The molecule has 0 unspecified atom stereocenters. The summed E-state index contributed by atoms with van der Waals surface area (Å²) in [6, 6.07) is 12.4. The van der Waals surface area contributed by atoms with Crippen molar-refractivity contribution in [3.05, 3.63) is 58.6 Å². The van der Waals surface area contributed by atoms with Crippen LogP contribution in [0, 0.1) is 19.3 Å². The van der Waals surface area contributed by atoms with E-state index in [9.17, 15) is 9.59 Å². The molecule has 0 atom stereocenters. The summed E-state index contributed by atoms with van der Waals surface area (Å²) in [6.45, 7) is 7.16. The molecule has 0 aromatic heterocycles. The largest absolute Gasteiger partial charge is 0.325 e. The van der Waals surface area contributed by atoms with E-state index < -0.39 is 5.41 Å². The number of aryl methyl sites for hydroxylation is 2. The number of nitrogens with one attached hydrogen (secondary N) is 2. The van der Waals surface area contributed by atoms with E-state index in [0.29, 0.717) is 16.4 Å². The topological polar surface area (TPSA) is 58.2 Å². The Bertz CT molecular complexity index is 767. The number of anilines is 2. The quantitative estimate of drug-likeness (QED) is 0.799. The lowest BCUT2D eigenvalue weighted by atomic mass is 9.90. The molecule has 0 bridgehead atoms. The molecule has 2 N–H and O–H groups in total. The van der Waals surface area contributed by atoms with Gasteiger partial charge in [-0.05, 0) is 75.2 Å². The van der Waals surface area contributed by atoms with E-state index >= 15 is 0 Å². The highest BCUT2D eigenvalue weighted by Gasteiger charge is 2.36. The maximum Gasteiger partial charge on any atom is 0.239 e. The second kappa shape index (κ2) is 7.05. The van der Waals surface area contributed by atoms with Crippen molar-refractivity contribution in [3.63, 3.8) is 0 Å². The molecule has 0 aliphatic rings. The third kappa shape index (κ3) is 4.15. The van der Waals surface area contributed by atoms with Gasteiger partial charge in [-0.25, -0.2) is 0 Å². The first-order chi connectivity index (χ1) is 11.2. The summed E-state index contributed by atoms with van der Waals surface area (Å²) < 4.78 is 0. The molecule has 0 saturated carbocycles. The van der Waals surface area contributed by atoms with Crippen molar-refractivity contribution >= 4 is 34.8 Å². The normalized spacial score (nSPS) is 11.0. The van der Waals surface area contributed by atoms with Crippen molar-refractivity contribution in [2.24, 2.45) is 5.41 Å². The lowest BCUT2D eigenvalue weighted by Gasteiger charge is -2.23. The van der Waals surface area contributed by atoms with Crippen LogP contribution < -0.4 is 10.6 Å². The van der Waals surface area contributed by atoms with E-state index in [-0.39, 0.29) is 11.8 Å². The maximum absolute atomic E-state index is 12.5. The van der Waals surface area contributed by atoms with Gasteiger partial charge in [-0.15, -0.1) is 0 Å². The van der Waals surface area contributed by atoms with E-state index in [2.05, 4.69) is 10.6 Å². The van der Waals surface area contributed by atoms with Gasteiger partial charge in [0.15, 0.2) is 0 Å². The van der Waals surface area contributed by atoms with Crippen molar-refractivity contribution in [2.75, 3.05) is 10.6 Å². The van der Waals surface area contributed by atoms with Crippen molar-refractivity contribution in [2.45, 2.75) is 27.7 Å². The zero-order valence-corrected chi connectivity index (χ0v) is 15.0. The molecule has 4 nitrogen and oxygen atoms in total. The molecule has 0 aliphatic carbocycles. The molecule has 5 heteroatoms. The van der Waals surface area contributed by atoms with Crippen LogP contribution in [0.15, 0.2) is 42.5 Å². The molecular formula is C19H21ClN2O2. The average molecular weight is 345 g/mol. The number of rotatable bonds is 4. The Hall–Kier alpha value is -2.33. The van der Waals surface area contributed by atoms with Gasteiger partial charge in [-0.1, -0.05) is 17.7 Å². The minimum atomic E-state index is -1.22. The zero-order chi connectivity index (χ0) is 17.9. The van der Waals surface area contributed by atoms with Crippen LogP contribution in [-0.2, 0) is 9.59 Å². The van der Waals surface area contributed by atoms with Crippen LogP contribution in [0.3, 0.4) is 0 Å². The summed E-state index contributed by atoms with van der Waals surface area (Å²) in [5.41, 5.74) is 2.27. The molecule has 0 spiro atoms. The van der Waals surface area contributed by atoms with E-state index in [0.717, 1.165) is 11.1 Å². The fourth-order valence-corrected chi connectivity index (χ4v) is 2.16. The highest BCUT2D eigenvalue weighted by atomic mass is 35.5. The molecule has 2 amide bonds. The first-order valence-electron chi connectivity index (χ1n) is 7.66. The van der Waals surface area contributed by atoms with Gasteiger partial charge in [-0.2, -0.15) is 0 Å². The van der Waals surface area contributed by atoms with Crippen molar-refractivity contribution < 1.29 is 9.59 Å². The average Bonchev–Trinajstić information content (AvgIpc) is 2.53. The van der Waals surface area contributed by atoms with Crippen molar-refractivity contribution in [1.29, 1.82) is 0 Å². The number of hydrogen-bond acceptors (Lipinski definition) is 2. The standard InChI is InChI=1S/C19H21ClN2O2/c1-12-5-8-16(11-13(12)2)22-18(24)19(3,4)17(23)21-15-9-6-14(20)7-10-15/h5-11H,1-4H3,(H,21,23)(H,22,24). The van der Waals surface area contributed by atoms with Crippen LogP contribution in [0.2, 0.25) is 5.02 Å². The first kappa shape index (κ1) is 18.0. The fourth-order valence-electron chi connectivity index (χ4n) is 2.03. The van der Waals surface area contributed by atoms with Gasteiger partial charge >= 0.3 is 0 Å². The molecule has 0 fully saturated rings. The van der Waals surface area contributed by atoms with Crippen LogP contribution in [0.1, 0.15) is 25.0 Å². The molecule has 0 aliphatic heterocycles. The Balaban J connectivity index is 2.09. The van der Waals surface area contributed by atoms with Gasteiger partial charge < -0.3 is 10.6 Å². The molecular weight excluding hydrogens is 324 g/mol. The Morgan fingerprint density at radius 2 is 1.33 bits per heavy atom. The summed E-state index contributed by atoms with van der Waals surface area (Å²) >= 11 is 5.83. The molecule has 0 heterocycles. The molecule has 0 radical (unpaired) electrons. The third-order valence-corrected chi connectivity index (χ3v) is 4.25. The van der Waals surface area contributed by atoms with Crippen molar-refractivity contribution in [3.8, 4) is 0 Å². The van der Waals surface area contributed by atoms with E-state index in [4.69, 9.17) is 11.6 Å². The number of carbonyl (C=O) groups is 2. The van der Waals surface area contributed by atoms with Gasteiger partial charge in [0, 0.05) is 16.4 Å². The van der Waals surface area contributed by atoms with Crippen molar-refractivity contribution in [1.82, 2.24) is 0 Å². The van der Waals surface area contributed by atoms with Crippen LogP contribution in [0.5, 0.6) is 0 Å². The third-order valence-electron chi connectivity index (χ3n) is 4.00. The predicted molar refractivity (Wildman–Crippen MR) is 98.4 cm³/mol. The summed E-state index contributed by atoms with van der Waals surface area (Å²) in [7, 11) is 0. The lowest BCUT2D eigenvalue weighted by Crippen LogP contribution is -2.41. The maximum atomic E-state index is 12.5. The Kier molecular flexibility index (Phi) is 5.30. The minimum Gasteiger partial charge on any atom is -0.325 e. The highest BCUT2D eigenvalue weighted by molar-refractivity contribution is 6.30. The fraction of sp³-hybridized carbons (Fsp3) is 0.263. The van der Waals surface area contributed by atoms with Crippen LogP contribution >= 0.6 is 11.6 Å². The Morgan fingerprint density at radius 1 is 0.833 bits per heavy atom. The summed E-state index contributed by atoms with van der Waals surface area (Å²) in [4.78, 5) is 25.0. The molecule has 0 saturated heterocycles. The minimum absolute atomic E-state index is 0.364. The number of amides is 2. The summed E-state index contributed by atoms with van der Waals surface area (Å²) in [6.07, 6.45) is 0. The molecule has 2 aromatic rings. The summed E-state index contributed by atoms with van der Waals surface area (Å²) in [5, 5.41) is 6.13. The monoisotopic (exact) mass is 344 g/mol. The first-order valence-corrected chi connectivity index (χ1v) is 8.03. The second-order valence-corrected chi connectivity index (χ2v) is 6.78. The molecule has 2 rings (SSSR count). The van der Waals surface area contributed by atoms with Crippen LogP contribution in [0.25, 0.3) is 0 Å². The van der Waals surface area contributed by atoms with Gasteiger partial charge in [0.2, 0.25) is 11.8 Å². The van der Waals surface area contributed by atoms with Gasteiger partial charge in [0.25, 0.3) is 0 Å². The van der Waals surface area contributed by atoms with E-state index in [1.54, 1.807) is 38.1 Å². The second-order valence-electron chi connectivity index (χ2n) is 6.34. The molecule has 2 aromatic carbocycles. The number of carbonyl (C=O) groups excluding carboxylic acids is 2.